The van der Waals surface area contributed by atoms with Crippen LogP contribution in [-0.4, -0.2) is 21.6 Å². The molecule has 2 aromatic heterocycles. The van der Waals surface area contributed by atoms with Crippen molar-refractivity contribution in [3.8, 4) is 0 Å². The number of thioether (sulfide) groups is 1. The predicted octanol–water partition coefficient (Wildman–Crippen LogP) is 5.97. The van der Waals surface area contributed by atoms with Crippen LogP contribution in [0, 0.1) is 0 Å². The monoisotopic (exact) mass is 433 g/mol. The van der Waals surface area contributed by atoms with Crippen LogP contribution in [0.3, 0.4) is 0 Å². The van der Waals surface area contributed by atoms with Crippen molar-refractivity contribution in [3.05, 3.63) is 84.2 Å². The SMILES string of the molecule is CCc1cccc2sc(N(Cc3ccccn3)C(=O)CCSc3ccccc3)nc12. The van der Waals surface area contributed by atoms with Crippen LogP contribution in [0.5, 0.6) is 0 Å². The molecular formula is C24H23N3OS2. The summed E-state index contributed by atoms with van der Waals surface area (Å²) in [6, 6.07) is 22.2. The molecule has 0 radical (unpaired) electrons. The fourth-order valence-corrected chi connectivity index (χ4v) is 5.11. The summed E-state index contributed by atoms with van der Waals surface area (Å²) < 4.78 is 1.11. The first-order valence-electron chi connectivity index (χ1n) is 10.0. The number of carbonyl (C=O) groups is 1. The third-order valence-corrected chi connectivity index (χ3v) is 6.84. The number of para-hydroxylation sites is 1. The molecule has 6 heteroatoms. The highest BCUT2D eigenvalue weighted by molar-refractivity contribution is 7.99. The first kappa shape index (κ1) is 20.6. The van der Waals surface area contributed by atoms with E-state index in [9.17, 15) is 4.79 Å². The van der Waals surface area contributed by atoms with Crippen molar-refractivity contribution in [2.24, 2.45) is 0 Å². The average molecular weight is 434 g/mol. The molecule has 0 unspecified atom stereocenters. The van der Waals surface area contributed by atoms with E-state index in [1.165, 1.54) is 10.5 Å². The van der Waals surface area contributed by atoms with Crippen LogP contribution in [-0.2, 0) is 17.8 Å². The van der Waals surface area contributed by atoms with Gasteiger partial charge in [0.05, 0.1) is 22.5 Å². The Morgan fingerprint density at radius 1 is 1.03 bits per heavy atom. The molecule has 2 aromatic carbocycles. The number of pyridine rings is 1. The molecule has 0 fully saturated rings. The van der Waals surface area contributed by atoms with E-state index in [-0.39, 0.29) is 5.91 Å². The van der Waals surface area contributed by atoms with Gasteiger partial charge in [-0.2, -0.15) is 0 Å². The number of rotatable bonds is 8. The number of amides is 1. The summed E-state index contributed by atoms with van der Waals surface area (Å²) in [5.41, 5.74) is 3.06. The fraction of sp³-hybridized carbons (Fsp3) is 0.208. The Labute approximate surface area is 185 Å². The van der Waals surface area contributed by atoms with Gasteiger partial charge < -0.3 is 0 Å². The number of hydrogen-bond donors (Lipinski definition) is 0. The minimum atomic E-state index is 0.0705. The molecule has 0 atom stereocenters. The topological polar surface area (TPSA) is 46.1 Å². The molecule has 0 saturated carbocycles. The molecule has 1 amide bonds. The molecule has 4 nitrogen and oxygen atoms in total. The predicted molar refractivity (Wildman–Crippen MR) is 126 cm³/mol. The second-order valence-electron chi connectivity index (χ2n) is 6.83. The summed E-state index contributed by atoms with van der Waals surface area (Å²) in [7, 11) is 0. The summed E-state index contributed by atoms with van der Waals surface area (Å²) in [5, 5.41) is 0.742. The van der Waals surface area contributed by atoms with E-state index in [4.69, 9.17) is 4.98 Å². The van der Waals surface area contributed by atoms with Crippen LogP contribution in [0.1, 0.15) is 24.6 Å². The second kappa shape index (κ2) is 9.87. The lowest BCUT2D eigenvalue weighted by atomic mass is 10.1. The quantitative estimate of drug-likeness (QED) is 0.321. The van der Waals surface area contributed by atoms with Crippen LogP contribution in [0.15, 0.2) is 77.8 Å². The van der Waals surface area contributed by atoms with Crippen LogP contribution in [0.4, 0.5) is 5.13 Å². The molecule has 0 bridgehead atoms. The lowest BCUT2D eigenvalue weighted by molar-refractivity contribution is -0.118. The highest BCUT2D eigenvalue weighted by Crippen LogP contribution is 2.32. The lowest BCUT2D eigenvalue weighted by Crippen LogP contribution is -2.30. The van der Waals surface area contributed by atoms with Gasteiger partial charge >= 0.3 is 0 Å². The van der Waals surface area contributed by atoms with E-state index < -0.39 is 0 Å². The smallest absolute Gasteiger partial charge is 0.229 e. The summed E-state index contributed by atoms with van der Waals surface area (Å²) in [5.74, 6) is 0.799. The van der Waals surface area contributed by atoms with Gasteiger partial charge in [-0.1, -0.05) is 54.7 Å². The summed E-state index contributed by atoms with van der Waals surface area (Å²) >= 11 is 3.27. The normalized spacial score (nSPS) is 11.0. The number of thiazole rings is 1. The van der Waals surface area contributed by atoms with Crippen molar-refractivity contribution < 1.29 is 4.79 Å². The van der Waals surface area contributed by atoms with Crippen LogP contribution in [0.2, 0.25) is 0 Å². The third-order valence-electron chi connectivity index (χ3n) is 4.78. The van der Waals surface area contributed by atoms with Gasteiger partial charge in [0.2, 0.25) is 5.91 Å². The number of fused-ring (bicyclic) bond motifs is 1. The Bertz CT molecular complexity index is 1110. The van der Waals surface area contributed by atoms with Crippen molar-refractivity contribution in [1.29, 1.82) is 0 Å². The highest BCUT2D eigenvalue weighted by atomic mass is 32.2. The van der Waals surface area contributed by atoms with E-state index in [2.05, 4.69) is 42.2 Å². The number of hydrogen-bond acceptors (Lipinski definition) is 5. The largest absolute Gasteiger partial charge is 0.282 e. The first-order valence-corrected chi connectivity index (χ1v) is 11.8. The molecule has 0 aliphatic rings. The zero-order valence-electron chi connectivity index (χ0n) is 16.8. The Balaban J connectivity index is 1.57. The van der Waals surface area contributed by atoms with Gasteiger partial charge in [0.25, 0.3) is 0 Å². The van der Waals surface area contributed by atoms with Gasteiger partial charge in [0.15, 0.2) is 5.13 Å². The maximum atomic E-state index is 13.2. The standard InChI is InChI=1S/C24H23N3OS2/c1-2-18-9-8-13-21-23(18)26-24(30-21)27(17-19-10-6-7-15-25-19)22(28)14-16-29-20-11-4-3-5-12-20/h3-13,15H,2,14,16-17H2,1H3. The van der Waals surface area contributed by atoms with Crippen LogP contribution >= 0.6 is 23.1 Å². The summed E-state index contributed by atoms with van der Waals surface area (Å²) in [6.07, 6.45) is 3.13. The molecule has 30 heavy (non-hydrogen) atoms. The molecule has 0 aliphatic heterocycles. The van der Waals surface area contributed by atoms with Crippen molar-refractivity contribution >= 4 is 44.4 Å². The minimum Gasteiger partial charge on any atom is -0.282 e. The maximum Gasteiger partial charge on any atom is 0.229 e. The number of nitrogens with zero attached hydrogens (tertiary/aromatic N) is 3. The zero-order valence-corrected chi connectivity index (χ0v) is 18.5. The Morgan fingerprint density at radius 2 is 1.87 bits per heavy atom. The zero-order chi connectivity index (χ0) is 20.8. The van der Waals surface area contributed by atoms with Crippen LogP contribution in [0.25, 0.3) is 10.2 Å². The molecule has 0 N–H and O–H groups in total. The lowest BCUT2D eigenvalue weighted by Gasteiger charge is -2.19. The summed E-state index contributed by atoms with van der Waals surface area (Å²) in [6.45, 7) is 2.56. The van der Waals surface area contributed by atoms with Crippen LogP contribution < -0.4 is 4.90 Å². The highest BCUT2D eigenvalue weighted by Gasteiger charge is 2.21. The molecule has 2 heterocycles. The van der Waals surface area contributed by atoms with Gasteiger partial charge in [-0.25, -0.2) is 4.98 Å². The Morgan fingerprint density at radius 3 is 2.63 bits per heavy atom. The first-order chi connectivity index (χ1) is 14.7. The van der Waals surface area contributed by atoms with E-state index in [0.717, 1.165) is 33.2 Å². The van der Waals surface area contributed by atoms with Crippen molar-refractivity contribution in [1.82, 2.24) is 9.97 Å². The Hall–Kier alpha value is -2.70. The molecule has 0 aliphatic carbocycles. The third kappa shape index (κ3) is 4.89. The second-order valence-corrected chi connectivity index (χ2v) is 9.00. The fourth-order valence-electron chi connectivity index (χ4n) is 3.22. The minimum absolute atomic E-state index is 0.0705. The Kier molecular flexibility index (Phi) is 6.77. The van der Waals surface area contributed by atoms with E-state index in [0.29, 0.717) is 13.0 Å². The number of aromatic nitrogens is 2. The van der Waals surface area contributed by atoms with Gasteiger partial charge in [0, 0.05) is 23.3 Å². The molecule has 152 valence electrons. The molecular weight excluding hydrogens is 410 g/mol. The van der Waals surface area contributed by atoms with E-state index in [1.54, 1.807) is 34.2 Å². The molecule has 0 spiro atoms. The molecule has 4 rings (SSSR count). The van der Waals surface area contributed by atoms with Gasteiger partial charge in [0.1, 0.15) is 0 Å². The number of anilines is 1. The van der Waals surface area contributed by atoms with Crippen molar-refractivity contribution in [2.75, 3.05) is 10.7 Å². The summed E-state index contributed by atoms with van der Waals surface area (Å²) in [4.78, 5) is 25.5. The van der Waals surface area contributed by atoms with E-state index >= 15 is 0 Å². The van der Waals surface area contributed by atoms with Gasteiger partial charge in [-0.3, -0.25) is 14.7 Å². The number of benzene rings is 2. The average Bonchev–Trinajstić information content (AvgIpc) is 3.23. The molecule has 4 aromatic rings. The van der Waals surface area contributed by atoms with E-state index in [1.807, 2.05) is 36.4 Å². The van der Waals surface area contributed by atoms with Crippen molar-refractivity contribution in [2.45, 2.75) is 31.2 Å². The van der Waals surface area contributed by atoms with Gasteiger partial charge in [-0.05, 0) is 42.3 Å². The van der Waals surface area contributed by atoms with Crippen molar-refractivity contribution in [3.63, 3.8) is 0 Å². The molecule has 0 saturated heterocycles. The maximum absolute atomic E-state index is 13.2. The number of aryl methyl sites for hydroxylation is 1. The van der Waals surface area contributed by atoms with Gasteiger partial charge in [-0.15, -0.1) is 11.8 Å². The number of carbonyl (C=O) groups excluding carboxylic acids is 1.